The van der Waals surface area contributed by atoms with Crippen molar-refractivity contribution in [2.24, 2.45) is 0 Å². The van der Waals surface area contributed by atoms with E-state index in [-0.39, 0.29) is 4.83 Å². The Kier molecular flexibility index (Phi) is 5.36. The fourth-order valence-electron chi connectivity index (χ4n) is 2.04. The van der Waals surface area contributed by atoms with Crippen LogP contribution in [0.15, 0.2) is 36.4 Å². The first-order valence-corrected chi connectivity index (χ1v) is 8.03. The van der Waals surface area contributed by atoms with Crippen LogP contribution >= 0.6 is 39.1 Å². The van der Waals surface area contributed by atoms with E-state index in [4.69, 9.17) is 27.9 Å². The maximum Gasteiger partial charge on any atom is 0.123 e. The SMILES string of the molecule is CCOc1ccc(C)cc1C(Br)c1cccc(Cl)c1Cl. The fourth-order valence-corrected chi connectivity index (χ4v) is 3.32. The monoisotopic (exact) mass is 372 g/mol. The third-order valence-electron chi connectivity index (χ3n) is 2.99. The summed E-state index contributed by atoms with van der Waals surface area (Å²) in [7, 11) is 0. The smallest absolute Gasteiger partial charge is 0.123 e. The molecule has 0 fully saturated rings. The Balaban J connectivity index is 2.49. The minimum absolute atomic E-state index is 0.0600. The summed E-state index contributed by atoms with van der Waals surface area (Å²) < 4.78 is 5.70. The van der Waals surface area contributed by atoms with E-state index in [9.17, 15) is 0 Å². The second kappa shape index (κ2) is 6.84. The van der Waals surface area contributed by atoms with E-state index in [2.05, 4.69) is 28.9 Å². The number of aryl methyl sites for hydroxylation is 1. The Morgan fingerprint density at radius 2 is 1.90 bits per heavy atom. The lowest BCUT2D eigenvalue weighted by Gasteiger charge is -2.18. The lowest BCUT2D eigenvalue weighted by Crippen LogP contribution is -2.01. The van der Waals surface area contributed by atoms with Crippen molar-refractivity contribution in [1.82, 2.24) is 0 Å². The third kappa shape index (κ3) is 3.30. The van der Waals surface area contributed by atoms with Crippen molar-refractivity contribution in [3.8, 4) is 5.75 Å². The number of hydrogen-bond donors (Lipinski definition) is 0. The lowest BCUT2D eigenvalue weighted by molar-refractivity contribution is 0.337. The van der Waals surface area contributed by atoms with Crippen LogP contribution in [-0.4, -0.2) is 6.61 Å². The van der Waals surface area contributed by atoms with Crippen LogP contribution in [0.4, 0.5) is 0 Å². The molecule has 1 unspecified atom stereocenters. The zero-order valence-corrected chi connectivity index (χ0v) is 14.4. The minimum Gasteiger partial charge on any atom is -0.494 e. The molecule has 0 amide bonds. The Labute approximate surface area is 138 Å². The van der Waals surface area contributed by atoms with Crippen molar-refractivity contribution in [3.63, 3.8) is 0 Å². The molecule has 0 aliphatic carbocycles. The van der Waals surface area contributed by atoms with Crippen molar-refractivity contribution in [1.29, 1.82) is 0 Å². The normalized spacial score (nSPS) is 12.2. The topological polar surface area (TPSA) is 9.23 Å². The van der Waals surface area contributed by atoms with Gasteiger partial charge in [0.25, 0.3) is 0 Å². The molecule has 0 aliphatic rings. The first-order chi connectivity index (χ1) is 9.54. The van der Waals surface area contributed by atoms with E-state index in [1.54, 1.807) is 6.07 Å². The Morgan fingerprint density at radius 1 is 1.15 bits per heavy atom. The van der Waals surface area contributed by atoms with Gasteiger partial charge in [-0.1, -0.05) is 69.0 Å². The molecule has 2 aromatic carbocycles. The molecule has 0 radical (unpaired) electrons. The van der Waals surface area contributed by atoms with Crippen LogP contribution in [0.25, 0.3) is 0 Å². The van der Waals surface area contributed by atoms with E-state index in [1.165, 1.54) is 5.56 Å². The van der Waals surface area contributed by atoms with Crippen molar-refractivity contribution in [2.45, 2.75) is 18.7 Å². The summed E-state index contributed by atoms with van der Waals surface area (Å²) in [6, 6.07) is 11.8. The molecule has 0 saturated heterocycles. The van der Waals surface area contributed by atoms with Gasteiger partial charge < -0.3 is 4.74 Å². The van der Waals surface area contributed by atoms with Gasteiger partial charge in [-0.3, -0.25) is 0 Å². The highest BCUT2D eigenvalue weighted by atomic mass is 79.9. The zero-order chi connectivity index (χ0) is 14.7. The first kappa shape index (κ1) is 15.7. The molecular formula is C16H15BrCl2O. The molecule has 0 bridgehead atoms. The fraction of sp³-hybridized carbons (Fsp3) is 0.250. The third-order valence-corrected chi connectivity index (χ3v) is 4.81. The molecule has 0 N–H and O–H groups in total. The second-order valence-electron chi connectivity index (χ2n) is 4.48. The van der Waals surface area contributed by atoms with Gasteiger partial charge in [0.1, 0.15) is 5.75 Å². The van der Waals surface area contributed by atoms with Gasteiger partial charge in [-0.2, -0.15) is 0 Å². The summed E-state index contributed by atoms with van der Waals surface area (Å²) in [5.74, 6) is 0.857. The molecule has 0 aromatic heterocycles. The molecule has 1 nitrogen and oxygen atoms in total. The Hall–Kier alpha value is -0.700. The van der Waals surface area contributed by atoms with Gasteiger partial charge in [-0.15, -0.1) is 0 Å². The number of halogens is 3. The number of rotatable bonds is 4. The minimum atomic E-state index is -0.0600. The summed E-state index contributed by atoms with van der Waals surface area (Å²) in [6.07, 6.45) is 0. The van der Waals surface area contributed by atoms with Gasteiger partial charge >= 0.3 is 0 Å². The standard InChI is InChI=1S/C16H15BrCl2O/c1-3-20-14-8-7-10(2)9-12(14)15(17)11-5-4-6-13(18)16(11)19/h4-9,15H,3H2,1-2H3. The highest BCUT2D eigenvalue weighted by Gasteiger charge is 2.19. The van der Waals surface area contributed by atoms with Crippen molar-refractivity contribution >= 4 is 39.1 Å². The predicted octanol–water partition coefficient (Wildman–Crippen LogP) is 6.18. The van der Waals surface area contributed by atoms with Crippen molar-refractivity contribution < 1.29 is 4.74 Å². The molecule has 0 spiro atoms. The van der Waals surface area contributed by atoms with Crippen molar-refractivity contribution in [3.05, 3.63) is 63.1 Å². The maximum atomic E-state index is 6.30. The molecule has 2 rings (SSSR count). The number of ether oxygens (including phenoxy) is 1. The second-order valence-corrected chi connectivity index (χ2v) is 6.18. The van der Waals surface area contributed by atoms with Gasteiger partial charge in [0.2, 0.25) is 0 Å². The molecule has 4 heteroatoms. The highest BCUT2D eigenvalue weighted by Crippen LogP contribution is 2.41. The van der Waals surface area contributed by atoms with Crippen LogP contribution in [0, 0.1) is 6.92 Å². The quantitative estimate of drug-likeness (QED) is 0.581. The summed E-state index contributed by atoms with van der Waals surface area (Å²) >= 11 is 16.1. The molecule has 20 heavy (non-hydrogen) atoms. The van der Waals surface area contributed by atoms with Crippen LogP contribution < -0.4 is 4.74 Å². The maximum absolute atomic E-state index is 6.30. The molecular weight excluding hydrogens is 359 g/mol. The van der Waals surface area contributed by atoms with E-state index in [0.717, 1.165) is 16.9 Å². The average Bonchev–Trinajstić information content (AvgIpc) is 2.43. The molecule has 0 heterocycles. The summed E-state index contributed by atoms with van der Waals surface area (Å²) in [5, 5.41) is 1.12. The van der Waals surface area contributed by atoms with Gasteiger partial charge in [-0.05, 0) is 31.5 Å². The van der Waals surface area contributed by atoms with Gasteiger partial charge in [-0.25, -0.2) is 0 Å². The summed E-state index contributed by atoms with van der Waals surface area (Å²) in [4.78, 5) is -0.0600. The predicted molar refractivity (Wildman–Crippen MR) is 89.6 cm³/mol. The van der Waals surface area contributed by atoms with E-state index >= 15 is 0 Å². The summed E-state index contributed by atoms with van der Waals surface area (Å²) in [5.41, 5.74) is 3.16. The summed E-state index contributed by atoms with van der Waals surface area (Å²) in [6.45, 7) is 4.65. The Morgan fingerprint density at radius 3 is 2.60 bits per heavy atom. The molecule has 2 aromatic rings. The number of hydrogen-bond acceptors (Lipinski definition) is 1. The average molecular weight is 374 g/mol. The van der Waals surface area contributed by atoms with Gasteiger partial charge in [0.15, 0.2) is 0 Å². The number of alkyl halides is 1. The first-order valence-electron chi connectivity index (χ1n) is 6.36. The van der Waals surface area contributed by atoms with Gasteiger partial charge in [0.05, 0.1) is 21.5 Å². The zero-order valence-electron chi connectivity index (χ0n) is 11.3. The lowest BCUT2D eigenvalue weighted by atomic mass is 10.0. The van der Waals surface area contributed by atoms with Crippen LogP contribution in [-0.2, 0) is 0 Å². The molecule has 106 valence electrons. The van der Waals surface area contributed by atoms with Crippen LogP contribution in [0.5, 0.6) is 5.75 Å². The van der Waals surface area contributed by atoms with Gasteiger partial charge in [0, 0.05) is 5.56 Å². The molecule has 1 atom stereocenters. The highest BCUT2D eigenvalue weighted by molar-refractivity contribution is 9.09. The van der Waals surface area contributed by atoms with Crippen LogP contribution in [0.1, 0.15) is 28.4 Å². The Bertz CT molecular complexity index is 613. The van der Waals surface area contributed by atoms with E-state index in [0.29, 0.717) is 16.7 Å². The largest absolute Gasteiger partial charge is 0.494 e. The molecule has 0 aliphatic heterocycles. The van der Waals surface area contributed by atoms with Crippen molar-refractivity contribution in [2.75, 3.05) is 6.61 Å². The van der Waals surface area contributed by atoms with Crippen LogP contribution in [0.3, 0.4) is 0 Å². The molecule has 0 saturated carbocycles. The van der Waals surface area contributed by atoms with E-state index in [1.807, 2.05) is 31.2 Å². The number of benzene rings is 2. The van der Waals surface area contributed by atoms with E-state index < -0.39 is 0 Å². The van der Waals surface area contributed by atoms with Crippen LogP contribution in [0.2, 0.25) is 10.0 Å².